The lowest BCUT2D eigenvalue weighted by Gasteiger charge is -2.32. The fraction of sp³-hybridized carbons (Fsp3) is 0.615. The maximum absolute atomic E-state index is 13.6. The Morgan fingerprint density at radius 3 is 2.86 bits per heavy atom. The maximum atomic E-state index is 13.6. The van der Waals surface area contributed by atoms with Crippen LogP contribution in [0.5, 0.6) is 0 Å². The first-order valence-corrected chi connectivity index (χ1v) is 7.21. The minimum atomic E-state index is -0.578. The van der Waals surface area contributed by atoms with Gasteiger partial charge in [-0.05, 0) is 43.3 Å². The number of carbonyl (C=O) groups is 1. The number of carbonyl (C=O) groups excluding carboxylic acids is 1. The number of anilines is 1. The Kier molecular flexibility index (Phi) is 5.08. The molecular formula is C13H19ClFN5O. The average Bonchev–Trinajstić information content (AvgIpc) is 3.01. The summed E-state index contributed by atoms with van der Waals surface area (Å²) in [5, 5.41) is 2.96. The van der Waals surface area contributed by atoms with Crippen molar-refractivity contribution in [2.24, 2.45) is 29.2 Å². The lowest BCUT2D eigenvalue weighted by molar-refractivity contribution is -0.112. The highest BCUT2D eigenvalue weighted by Gasteiger charge is 2.51. The molecule has 2 saturated carbocycles. The Balaban J connectivity index is 0.000000774. The summed E-state index contributed by atoms with van der Waals surface area (Å²) in [6.45, 7) is 0. The highest BCUT2D eigenvalue weighted by molar-refractivity contribution is 6.28. The summed E-state index contributed by atoms with van der Waals surface area (Å²) < 4.78 is 13.6. The molecule has 0 spiro atoms. The van der Waals surface area contributed by atoms with E-state index in [2.05, 4.69) is 21.0 Å². The molecule has 2 aliphatic rings. The van der Waals surface area contributed by atoms with E-state index in [4.69, 9.17) is 17.3 Å². The zero-order valence-electron chi connectivity index (χ0n) is 11.7. The van der Waals surface area contributed by atoms with Crippen molar-refractivity contribution in [1.82, 2.24) is 9.97 Å². The van der Waals surface area contributed by atoms with Crippen LogP contribution in [0.15, 0.2) is 6.20 Å². The quantitative estimate of drug-likeness (QED) is 0.563. The van der Waals surface area contributed by atoms with Crippen molar-refractivity contribution in [1.29, 1.82) is 0 Å². The summed E-state index contributed by atoms with van der Waals surface area (Å²) >= 11 is 5.66. The summed E-state index contributed by atoms with van der Waals surface area (Å²) in [7, 11) is 1.50. The monoisotopic (exact) mass is 315 g/mol. The van der Waals surface area contributed by atoms with Crippen LogP contribution in [0.2, 0.25) is 5.28 Å². The number of hydrogen-bond acceptors (Lipinski definition) is 6. The van der Waals surface area contributed by atoms with E-state index in [0.717, 1.165) is 25.3 Å². The van der Waals surface area contributed by atoms with Gasteiger partial charge in [-0.2, -0.15) is 4.98 Å². The topological polar surface area (TPSA) is 107 Å². The van der Waals surface area contributed by atoms with Gasteiger partial charge in [0.1, 0.15) is 6.29 Å². The molecule has 1 heterocycles. The normalized spacial score (nSPS) is 33.3. The Morgan fingerprint density at radius 2 is 2.19 bits per heavy atom. The van der Waals surface area contributed by atoms with Gasteiger partial charge in [0.2, 0.25) is 5.28 Å². The van der Waals surface area contributed by atoms with Crippen molar-refractivity contribution in [3.8, 4) is 0 Å². The van der Waals surface area contributed by atoms with Gasteiger partial charge >= 0.3 is 0 Å². The molecule has 6 nitrogen and oxygen atoms in total. The fourth-order valence-corrected chi connectivity index (χ4v) is 3.59. The van der Waals surface area contributed by atoms with Crippen LogP contribution in [0.1, 0.15) is 12.8 Å². The second-order valence-corrected chi connectivity index (χ2v) is 5.62. The Morgan fingerprint density at radius 1 is 1.48 bits per heavy atom. The van der Waals surface area contributed by atoms with E-state index >= 15 is 0 Å². The molecule has 5 atom stereocenters. The Labute approximate surface area is 127 Å². The SMILES string of the molecule is CN.NC1CC2CC1C(Nc1nc(Cl)ncc1F)C2C=O. The molecule has 5 N–H and O–H groups in total. The van der Waals surface area contributed by atoms with Gasteiger partial charge in [0.15, 0.2) is 11.6 Å². The number of halogens is 2. The van der Waals surface area contributed by atoms with Crippen molar-refractivity contribution in [3.63, 3.8) is 0 Å². The number of aromatic nitrogens is 2. The van der Waals surface area contributed by atoms with Gasteiger partial charge < -0.3 is 21.6 Å². The van der Waals surface area contributed by atoms with E-state index in [1.165, 1.54) is 7.05 Å². The highest BCUT2D eigenvalue weighted by atomic mass is 35.5. The lowest BCUT2D eigenvalue weighted by Crippen LogP contribution is -2.45. The minimum absolute atomic E-state index is 0.0287. The Bertz CT molecular complexity index is 517. The zero-order chi connectivity index (χ0) is 15.6. The second kappa shape index (κ2) is 6.64. The van der Waals surface area contributed by atoms with Crippen molar-refractivity contribution >= 4 is 23.7 Å². The molecule has 0 saturated heterocycles. The van der Waals surface area contributed by atoms with Crippen LogP contribution in [-0.4, -0.2) is 35.4 Å². The standard InChI is InChI=1S/C12H14ClFN4O.CH5N/c13-12-16-3-8(14)11(18-12)17-10-6-1-5(2-9(6)15)7(10)4-19;1-2/h3-7,9-10H,1-2,15H2,(H,16,17,18);2H2,1H3. The van der Waals surface area contributed by atoms with Gasteiger partial charge in [-0.15, -0.1) is 0 Å². The summed E-state index contributed by atoms with van der Waals surface area (Å²) in [5.74, 6) is -0.219. The average molecular weight is 316 g/mol. The predicted octanol–water partition coefficient (Wildman–Crippen LogP) is 0.807. The molecule has 2 bridgehead atoms. The molecule has 0 radical (unpaired) electrons. The minimum Gasteiger partial charge on any atom is -0.364 e. The summed E-state index contributed by atoms with van der Waals surface area (Å²) in [6, 6.07) is -0.120. The lowest BCUT2D eigenvalue weighted by atomic mass is 9.83. The first-order chi connectivity index (χ1) is 10.1. The van der Waals surface area contributed by atoms with Gasteiger partial charge in [0, 0.05) is 18.0 Å². The molecule has 1 aromatic heterocycles. The summed E-state index contributed by atoms with van der Waals surface area (Å²) in [4.78, 5) is 18.6. The zero-order valence-corrected chi connectivity index (χ0v) is 12.4. The molecule has 116 valence electrons. The van der Waals surface area contributed by atoms with Gasteiger partial charge in [0.05, 0.1) is 6.20 Å². The van der Waals surface area contributed by atoms with Crippen LogP contribution in [0, 0.1) is 23.6 Å². The fourth-order valence-electron chi connectivity index (χ4n) is 3.45. The highest BCUT2D eigenvalue weighted by Crippen LogP contribution is 2.48. The van der Waals surface area contributed by atoms with Gasteiger partial charge in [-0.3, -0.25) is 0 Å². The van der Waals surface area contributed by atoms with Gasteiger partial charge in [-0.1, -0.05) is 0 Å². The predicted molar refractivity (Wildman–Crippen MR) is 78.3 cm³/mol. The van der Waals surface area contributed by atoms with Gasteiger partial charge in [-0.25, -0.2) is 9.37 Å². The molecule has 0 aromatic carbocycles. The summed E-state index contributed by atoms with van der Waals surface area (Å²) in [6.07, 6.45) is 3.72. The van der Waals surface area contributed by atoms with E-state index < -0.39 is 5.82 Å². The van der Waals surface area contributed by atoms with E-state index in [-0.39, 0.29) is 40.9 Å². The molecule has 2 aliphatic carbocycles. The number of rotatable bonds is 3. The first kappa shape index (κ1) is 16.1. The molecule has 0 aliphatic heterocycles. The number of hydrogen-bond donors (Lipinski definition) is 3. The first-order valence-electron chi connectivity index (χ1n) is 6.83. The van der Waals surface area contributed by atoms with Crippen LogP contribution in [0.25, 0.3) is 0 Å². The molecule has 5 unspecified atom stereocenters. The largest absolute Gasteiger partial charge is 0.364 e. The third kappa shape index (κ3) is 3.00. The number of nitrogens with zero attached hydrogens (tertiary/aromatic N) is 2. The second-order valence-electron chi connectivity index (χ2n) is 5.28. The van der Waals surface area contributed by atoms with Crippen molar-refractivity contribution in [2.75, 3.05) is 12.4 Å². The number of aldehydes is 1. The molecule has 3 rings (SSSR count). The van der Waals surface area contributed by atoms with Gasteiger partial charge in [0.25, 0.3) is 0 Å². The molecule has 1 aromatic rings. The number of nitrogens with one attached hydrogen (secondary N) is 1. The molecule has 2 fully saturated rings. The number of fused-ring (bicyclic) bond motifs is 2. The van der Waals surface area contributed by atoms with Crippen LogP contribution < -0.4 is 16.8 Å². The van der Waals surface area contributed by atoms with Crippen LogP contribution in [-0.2, 0) is 4.79 Å². The van der Waals surface area contributed by atoms with E-state index in [9.17, 15) is 9.18 Å². The van der Waals surface area contributed by atoms with Crippen LogP contribution in [0.4, 0.5) is 10.2 Å². The van der Waals surface area contributed by atoms with Crippen LogP contribution in [0.3, 0.4) is 0 Å². The summed E-state index contributed by atoms with van der Waals surface area (Å²) in [5.41, 5.74) is 10.5. The molecule has 8 heteroatoms. The van der Waals surface area contributed by atoms with E-state index in [0.29, 0.717) is 0 Å². The molecule has 21 heavy (non-hydrogen) atoms. The smallest absolute Gasteiger partial charge is 0.224 e. The van der Waals surface area contributed by atoms with Crippen LogP contribution >= 0.6 is 11.6 Å². The van der Waals surface area contributed by atoms with Crippen molar-refractivity contribution < 1.29 is 9.18 Å². The Hall–Kier alpha value is -1.31. The van der Waals surface area contributed by atoms with E-state index in [1.807, 2.05) is 0 Å². The molecular weight excluding hydrogens is 297 g/mol. The van der Waals surface area contributed by atoms with E-state index in [1.54, 1.807) is 0 Å². The number of nitrogens with two attached hydrogens (primary N) is 2. The molecule has 0 amide bonds. The third-order valence-electron chi connectivity index (χ3n) is 4.30. The van der Waals surface area contributed by atoms with Crippen molar-refractivity contribution in [2.45, 2.75) is 24.9 Å². The van der Waals surface area contributed by atoms with Crippen molar-refractivity contribution in [3.05, 3.63) is 17.3 Å². The third-order valence-corrected chi connectivity index (χ3v) is 4.48. The maximum Gasteiger partial charge on any atom is 0.224 e.